The molecule has 0 saturated carbocycles. The Hall–Kier alpha value is -0.680. The molecule has 1 unspecified atom stereocenters. The Balaban J connectivity index is 2.23. The smallest absolute Gasteiger partial charge is 0.263 e. The summed E-state index contributed by atoms with van der Waals surface area (Å²) in [4.78, 5) is 3.82. The molecule has 1 N–H and O–H groups in total. The largest absolute Gasteiger partial charge is 0.324 e. The lowest BCUT2D eigenvalue weighted by Crippen LogP contribution is -2.49. The SMILES string of the molecule is Cn1cnc(S(=O)(=O)N2CCCC(NS(C)(=O)=O)C2)c1Cl. The molecule has 11 heteroatoms. The number of sulfonamides is 2. The lowest BCUT2D eigenvalue weighted by Gasteiger charge is -2.31. The average molecular weight is 357 g/mol. The maximum Gasteiger partial charge on any atom is 0.263 e. The average Bonchev–Trinajstić information content (AvgIpc) is 2.69. The summed E-state index contributed by atoms with van der Waals surface area (Å²) in [6.07, 6.45) is 3.54. The van der Waals surface area contributed by atoms with E-state index in [0.29, 0.717) is 19.4 Å². The third-order valence-electron chi connectivity index (χ3n) is 3.18. The molecule has 1 aliphatic rings. The van der Waals surface area contributed by atoms with E-state index in [4.69, 9.17) is 11.6 Å². The molecule has 1 aromatic heterocycles. The van der Waals surface area contributed by atoms with Crippen molar-refractivity contribution in [1.82, 2.24) is 18.6 Å². The first-order chi connectivity index (χ1) is 9.61. The fourth-order valence-electron chi connectivity index (χ4n) is 2.25. The van der Waals surface area contributed by atoms with E-state index in [1.807, 2.05) is 0 Å². The second-order valence-electron chi connectivity index (χ2n) is 5.04. The van der Waals surface area contributed by atoms with Gasteiger partial charge in [0.1, 0.15) is 5.15 Å². The zero-order valence-electron chi connectivity index (χ0n) is 11.7. The van der Waals surface area contributed by atoms with Crippen LogP contribution in [0.25, 0.3) is 0 Å². The molecular weight excluding hydrogens is 340 g/mol. The highest BCUT2D eigenvalue weighted by Gasteiger charge is 2.34. The highest BCUT2D eigenvalue weighted by molar-refractivity contribution is 7.89. The Bertz CT molecular complexity index is 728. The minimum absolute atomic E-state index is 0.0354. The van der Waals surface area contributed by atoms with Crippen LogP contribution in [0.1, 0.15) is 12.8 Å². The van der Waals surface area contributed by atoms with Crippen molar-refractivity contribution in [1.29, 1.82) is 0 Å². The maximum atomic E-state index is 12.5. The van der Waals surface area contributed by atoms with Crippen LogP contribution in [0.15, 0.2) is 11.4 Å². The maximum absolute atomic E-state index is 12.5. The van der Waals surface area contributed by atoms with Crippen molar-refractivity contribution in [2.24, 2.45) is 7.05 Å². The van der Waals surface area contributed by atoms with Crippen molar-refractivity contribution in [3.05, 3.63) is 11.5 Å². The topological polar surface area (TPSA) is 101 Å². The van der Waals surface area contributed by atoms with Gasteiger partial charge in [0.2, 0.25) is 15.0 Å². The Kier molecular flexibility index (Phi) is 4.64. The Morgan fingerprint density at radius 3 is 2.57 bits per heavy atom. The summed E-state index contributed by atoms with van der Waals surface area (Å²) in [7, 11) is -5.61. The number of imidazole rings is 1. The fourth-order valence-corrected chi connectivity index (χ4v) is 4.96. The number of hydrogen-bond donors (Lipinski definition) is 1. The molecular formula is C10H17ClN4O4S2. The van der Waals surface area contributed by atoms with E-state index >= 15 is 0 Å². The van der Waals surface area contributed by atoms with E-state index < -0.39 is 26.1 Å². The first-order valence-corrected chi connectivity index (χ1v) is 9.96. The summed E-state index contributed by atoms with van der Waals surface area (Å²) < 4.78 is 52.6. The lowest BCUT2D eigenvalue weighted by atomic mass is 10.1. The number of hydrogen-bond acceptors (Lipinski definition) is 5. The van der Waals surface area contributed by atoms with Gasteiger partial charge in [-0.25, -0.2) is 26.5 Å². The van der Waals surface area contributed by atoms with Gasteiger partial charge < -0.3 is 4.57 Å². The van der Waals surface area contributed by atoms with Gasteiger partial charge in [-0.05, 0) is 12.8 Å². The van der Waals surface area contributed by atoms with Crippen LogP contribution >= 0.6 is 11.6 Å². The third-order valence-corrected chi connectivity index (χ3v) is 6.30. The van der Waals surface area contributed by atoms with Gasteiger partial charge in [0.25, 0.3) is 10.0 Å². The summed E-state index contributed by atoms with van der Waals surface area (Å²) in [6, 6.07) is -0.439. The van der Waals surface area contributed by atoms with Crippen LogP contribution in [-0.2, 0) is 27.1 Å². The zero-order chi connectivity index (χ0) is 15.8. The van der Waals surface area contributed by atoms with E-state index in [-0.39, 0.29) is 16.7 Å². The summed E-state index contributed by atoms with van der Waals surface area (Å²) in [6.45, 7) is 0.388. The van der Waals surface area contributed by atoms with E-state index in [1.54, 1.807) is 7.05 Å². The van der Waals surface area contributed by atoms with Gasteiger partial charge in [0, 0.05) is 26.2 Å². The Morgan fingerprint density at radius 1 is 1.38 bits per heavy atom. The molecule has 1 aliphatic heterocycles. The van der Waals surface area contributed by atoms with Crippen molar-refractivity contribution in [3.63, 3.8) is 0 Å². The normalized spacial score (nSPS) is 21.6. The molecule has 1 saturated heterocycles. The van der Waals surface area contributed by atoms with Gasteiger partial charge in [0.15, 0.2) is 0 Å². The minimum Gasteiger partial charge on any atom is -0.324 e. The Morgan fingerprint density at radius 2 is 2.05 bits per heavy atom. The number of halogens is 1. The van der Waals surface area contributed by atoms with E-state index in [0.717, 1.165) is 6.26 Å². The van der Waals surface area contributed by atoms with Gasteiger partial charge in [-0.2, -0.15) is 4.31 Å². The predicted octanol–water partition coefficient (Wildman–Crippen LogP) is -0.224. The Labute approximate surface area is 129 Å². The third kappa shape index (κ3) is 3.75. The van der Waals surface area contributed by atoms with E-state index in [9.17, 15) is 16.8 Å². The van der Waals surface area contributed by atoms with Crippen LogP contribution in [-0.4, -0.2) is 56.1 Å². The second kappa shape index (κ2) is 5.84. The molecule has 0 radical (unpaired) electrons. The van der Waals surface area contributed by atoms with Gasteiger partial charge in [0.05, 0.1) is 12.6 Å². The van der Waals surface area contributed by atoms with Crippen LogP contribution in [0, 0.1) is 0 Å². The molecule has 1 fully saturated rings. The molecule has 0 aliphatic carbocycles. The fraction of sp³-hybridized carbons (Fsp3) is 0.700. The number of nitrogens with zero attached hydrogens (tertiary/aromatic N) is 3. The molecule has 120 valence electrons. The van der Waals surface area contributed by atoms with Gasteiger partial charge in [-0.1, -0.05) is 11.6 Å². The molecule has 8 nitrogen and oxygen atoms in total. The van der Waals surface area contributed by atoms with Crippen LogP contribution in [0.2, 0.25) is 5.15 Å². The zero-order valence-corrected chi connectivity index (χ0v) is 14.0. The van der Waals surface area contributed by atoms with Crippen molar-refractivity contribution < 1.29 is 16.8 Å². The molecule has 2 rings (SSSR count). The predicted molar refractivity (Wildman–Crippen MR) is 78.0 cm³/mol. The number of aryl methyl sites for hydroxylation is 1. The number of aromatic nitrogens is 2. The highest BCUT2D eigenvalue weighted by Crippen LogP contribution is 2.25. The van der Waals surface area contributed by atoms with Gasteiger partial charge in [-0.15, -0.1) is 0 Å². The van der Waals surface area contributed by atoms with Crippen LogP contribution < -0.4 is 4.72 Å². The monoisotopic (exact) mass is 356 g/mol. The minimum atomic E-state index is -3.83. The van der Waals surface area contributed by atoms with E-state index in [1.165, 1.54) is 15.2 Å². The van der Waals surface area contributed by atoms with Crippen molar-refractivity contribution in [3.8, 4) is 0 Å². The molecule has 1 aromatic rings. The summed E-state index contributed by atoms with van der Waals surface area (Å²) in [5, 5.41) is -0.167. The van der Waals surface area contributed by atoms with E-state index in [2.05, 4.69) is 9.71 Å². The molecule has 21 heavy (non-hydrogen) atoms. The standard InChI is InChI=1S/C10H17ClN4O4S2/c1-14-7-12-10(9(14)11)21(18,19)15-5-3-4-8(6-15)13-20(2,16)17/h7-8,13H,3-6H2,1-2H3. The van der Waals surface area contributed by atoms with Crippen LogP contribution in [0.5, 0.6) is 0 Å². The molecule has 2 heterocycles. The van der Waals surface area contributed by atoms with Gasteiger partial charge in [-0.3, -0.25) is 0 Å². The number of piperidine rings is 1. The van der Waals surface area contributed by atoms with Crippen LogP contribution in [0.3, 0.4) is 0 Å². The number of rotatable bonds is 4. The quantitative estimate of drug-likeness (QED) is 0.803. The molecule has 0 spiro atoms. The molecule has 0 aromatic carbocycles. The molecule has 0 amide bonds. The number of nitrogens with one attached hydrogen (secondary N) is 1. The summed E-state index contributed by atoms with van der Waals surface area (Å²) in [5.74, 6) is 0. The summed E-state index contributed by atoms with van der Waals surface area (Å²) in [5.41, 5.74) is 0. The van der Waals surface area contributed by atoms with Crippen molar-refractivity contribution in [2.75, 3.05) is 19.3 Å². The molecule has 1 atom stereocenters. The first-order valence-electron chi connectivity index (χ1n) is 6.25. The lowest BCUT2D eigenvalue weighted by molar-refractivity contribution is 0.303. The molecule has 0 bridgehead atoms. The van der Waals surface area contributed by atoms with Gasteiger partial charge >= 0.3 is 0 Å². The summed E-state index contributed by atoms with van der Waals surface area (Å²) >= 11 is 5.94. The van der Waals surface area contributed by atoms with Crippen molar-refractivity contribution >= 4 is 31.6 Å². The first kappa shape index (κ1) is 16.7. The second-order valence-corrected chi connectivity index (χ2v) is 9.03. The van der Waals surface area contributed by atoms with Crippen LogP contribution in [0.4, 0.5) is 0 Å². The highest BCUT2D eigenvalue weighted by atomic mass is 35.5. The van der Waals surface area contributed by atoms with Crippen molar-refractivity contribution in [2.45, 2.75) is 23.9 Å².